The maximum atomic E-state index is 12.1. The summed E-state index contributed by atoms with van der Waals surface area (Å²) in [4.78, 5) is 12.1. The van der Waals surface area contributed by atoms with E-state index in [0.29, 0.717) is 17.2 Å². The van der Waals surface area contributed by atoms with E-state index in [1.807, 2.05) is 37.3 Å². The Labute approximate surface area is 123 Å². The highest BCUT2D eigenvalue weighted by atomic mass is 35.5. The first kappa shape index (κ1) is 13.3. The van der Waals surface area contributed by atoms with Crippen LogP contribution in [0.5, 0.6) is 0 Å². The third kappa shape index (κ3) is 2.22. The van der Waals surface area contributed by atoms with Crippen molar-refractivity contribution in [3.05, 3.63) is 46.6 Å². The van der Waals surface area contributed by atoms with Gasteiger partial charge in [-0.15, -0.1) is 0 Å². The molecule has 0 saturated carbocycles. The average molecular weight is 290 g/mol. The molecule has 1 aromatic heterocycles. The van der Waals surface area contributed by atoms with Crippen LogP contribution in [0.25, 0.3) is 11.3 Å². The van der Waals surface area contributed by atoms with Gasteiger partial charge in [0.25, 0.3) is 0 Å². The normalized spacial score (nSPS) is 13.3. The van der Waals surface area contributed by atoms with E-state index in [9.17, 15) is 4.79 Å². The Morgan fingerprint density at radius 1 is 1.40 bits per heavy atom. The van der Waals surface area contributed by atoms with Crippen LogP contribution in [0.1, 0.15) is 29.4 Å². The van der Waals surface area contributed by atoms with Crippen molar-refractivity contribution in [2.45, 2.75) is 26.3 Å². The molecule has 104 valence electrons. The van der Waals surface area contributed by atoms with Gasteiger partial charge in [0.2, 0.25) is 0 Å². The number of nitrogens with zero attached hydrogens (tertiary/aromatic N) is 1. The third-order valence-electron chi connectivity index (χ3n) is 3.62. The fraction of sp³-hybridized carbons (Fsp3) is 0.312. The lowest BCUT2D eigenvalue weighted by Gasteiger charge is -2.06. The molecule has 20 heavy (non-hydrogen) atoms. The van der Waals surface area contributed by atoms with Gasteiger partial charge in [-0.2, -0.15) is 0 Å². The molecule has 0 amide bonds. The van der Waals surface area contributed by atoms with Crippen molar-refractivity contribution in [1.29, 1.82) is 0 Å². The van der Waals surface area contributed by atoms with Crippen LogP contribution in [0.4, 0.5) is 0 Å². The predicted molar refractivity (Wildman–Crippen MR) is 79.2 cm³/mol. The highest BCUT2D eigenvalue weighted by Crippen LogP contribution is 2.32. The quantitative estimate of drug-likeness (QED) is 0.802. The van der Waals surface area contributed by atoms with Crippen molar-refractivity contribution in [1.82, 2.24) is 4.57 Å². The van der Waals surface area contributed by atoms with Crippen molar-refractivity contribution in [3.8, 4) is 11.3 Å². The first-order valence-electron chi connectivity index (χ1n) is 6.86. The Balaban J connectivity index is 2.09. The fourth-order valence-corrected chi connectivity index (χ4v) is 2.98. The van der Waals surface area contributed by atoms with Gasteiger partial charge in [-0.05, 0) is 43.5 Å². The lowest BCUT2D eigenvalue weighted by atomic mass is 10.1. The Bertz CT molecular complexity index is 660. The van der Waals surface area contributed by atoms with Crippen molar-refractivity contribution >= 4 is 17.6 Å². The van der Waals surface area contributed by atoms with Crippen LogP contribution < -0.4 is 0 Å². The van der Waals surface area contributed by atoms with Gasteiger partial charge in [0.1, 0.15) is 0 Å². The first-order chi connectivity index (χ1) is 9.70. The lowest BCUT2D eigenvalue weighted by Crippen LogP contribution is -2.06. The number of rotatable bonds is 3. The van der Waals surface area contributed by atoms with Crippen molar-refractivity contribution in [2.24, 2.45) is 0 Å². The number of carbonyl (C=O) groups is 1. The summed E-state index contributed by atoms with van der Waals surface area (Å²) < 4.78 is 7.35. The minimum Gasteiger partial charge on any atom is -0.462 e. The van der Waals surface area contributed by atoms with Crippen LogP contribution in [-0.2, 0) is 17.7 Å². The third-order valence-corrected chi connectivity index (χ3v) is 3.85. The van der Waals surface area contributed by atoms with Crippen molar-refractivity contribution in [2.75, 3.05) is 6.61 Å². The standard InChI is InChI=1S/C16H16ClNO2/c1-2-20-16(19)13-10-15(18-8-4-7-14(13)18)11-5-3-6-12(17)9-11/h3,5-6,9-10H,2,4,7-8H2,1H3. The van der Waals surface area contributed by atoms with Gasteiger partial charge in [0.05, 0.1) is 12.2 Å². The van der Waals surface area contributed by atoms with E-state index in [4.69, 9.17) is 16.3 Å². The lowest BCUT2D eigenvalue weighted by molar-refractivity contribution is 0.0525. The van der Waals surface area contributed by atoms with Crippen LogP contribution in [-0.4, -0.2) is 17.1 Å². The van der Waals surface area contributed by atoms with E-state index in [-0.39, 0.29) is 5.97 Å². The highest BCUT2D eigenvalue weighted by Gasteiger charge is 2.24. The molecule has 3 nitrogen and oxygen atoms in total. The summed E-state index contributed by atoms with van der Waals surface area (Å²) >= 11 is 6.06. The number of hydrogen-bond acceptors (Lipinski definition) is 2. The van der Waals surface area contributed by atoms with Crippen LogP contribution >= 0.6 is 11.6 Å². The van der Waals surface area contributed by atoms with E-state index >= 15 is 0 Å². The maximum absolute atomic E-state index is 12.1. The smallest absolute Gasteiger partial charge is 0.339 e. The Morgan fingerprint density at radius 2 is 2.25 bits per heavy atom. The van der Waals surface area contributed by atoms with Crippen molar-refractivity contribution in [3.63, 3.8) is 0 Å². The summed E-state index contributed by atoms with van der Waals surface area (Å²) in [6.07, 6.45) is 1.99. The zero-order chi connectivity index (χ0) is 14.1. The number of benzene rings is 1. The fourth-order valence-electron chi connectivity index (χ4n) is 2.79. The van der Waals surface area contributed by atoms with Gasteiger partial charge < -0.3 is 9.30 Å². The molecule has 0 saturated heterocycles. The summed E-state index contributed by atoms with van der Waals surface area (Å²) in [5, 5.41) is 0.703. The summed E-state index contributed by atoms with van der Waals surface area (Å²) in [5.74, 6) is -0.230. The molecule has 0 spiro atoms. The van der Waals surface area contributed by atoms with Crippen molar-refractivity contribution < 1.29 is 9.53 Å². The van der Waals surface area contributed by atoms with Crippen LogP contribution in [0.3, 0.4) is 0 Å². The summed E-state index contributed by atoms with van der Waals surface area (Å²) in [6, 6.07) is 9.65. The average Bonchev–Trinajstić information content (AvgIpc) is 3.00. The number of ether oxygens (including phenoxy) is 1. The van der Waals surface area contributed by atoms with Gasteiger partial charge in [-0.1, -0.05) is 23.7 Å². The number of carbonyl (C=O) groups excluding carboxylic acids is 1. The Morgan fingerprint density at radius 3 is 3.00 bits per heavy atom. The summed E-state index contributed by atoms with van der Waals surface area (Å²) in [5.41, 5.74) is 3.86. The molecular weight excluding hydrogens is 274 g/mol. The number of fused-ring (bicyclic) bond motifs is 1. The number of hydrogen-bond donors (Lipinski definition) is 0. The first-order valence-corrected chi connectivity index (χ1v) is 7.24. The molecule has 2 heterocycles. The number of aromatic nitrogens is 1. The summed E-state index contributed by atoms with van der Waals surface area (Å²) in [6.45, 7) is 3.17. The van der Waals surface area contributed by atoms with Crippen LogP contribution in [0, 0.1) is 0 Å². The molecule has 0 radical (unpaired) electrons. The second-order valence-electron chi connectivity index (χ2n) is 4.88. The molecule has 0 N–H and O–H groups in total. The monoisotopic (exact) mass is 289 g/mol. The van der Waals surface area contributed by atoms with Crippen LogP contribution in [0.15, 0.2) is 30.3 Å². The van der Waals surface area contributed by atoms with E-state index in [2.05, 4.69) is 4.57 Å². The molecule has 3 rings (SSSR count). The molecule has 0 fully saturated rings. The SMILES string of the molecule is CCOC(=O)c1cc(-c2cccc(Cl)c2)n2c1CCC2. The second kappa shape index (κ2) is 5.33. The molecule has 4 heteroatoms. The van der Waals surface area contributed by atoms with E-state index in [1.54, 1.807) is 0 Å². The van der Waals surface area contributed by atoms with Gasteiger partial charge in [-0.25, -0.2) is 4.79 Å². The van der Waals surface area contributed by atoms with Crippen LogP contribution in [0.2, 0.25) is 5.02 Å². The minimum atomic E-state index is -0.230. The zero-order valence-electron chi connectivity index (χ0n) is 11.4. The van der Waals surface area contributed by atoms with E-state index < -0.39 is 0 Å². The molecule has 2 aromatic rings. The largest absolute Gasteiger partial charge is 0.462 e. The number of esters is 1. The number of halogens is 1. The van der Waals surface area contributed by atoms with E-state index in [1.165, 1.54) is 0 Å². The Kier molecular flexibility index (Phi) is 3.53. The molecular formula is C16H16ClNO2. The summed E-state index contributed by atoms with van der Waals surface area (Å²) in [7, 11) is 0. The zero-order valence-corrected chi connectivity index (χ0v) is 12.1. The van der Waals surface area contributed by atoms with E-state index in [0.717, 1.165) is 36.3 Å². The predicted octanol–water partition coefficient (Wildman–Crippen LogP) is 3.93. The molecule has 0 atom stereocenters. The highest BCUT2D eigenvalue weighted by molar-refractivity contribution is 6.30. The maximum Gasteiger partial charge on any atom is 0.339 e. The molecule has 0 bridgehead atoms. The molecule has 0 unspecified atom stereocenters. The molecule has 0 aliphatic carbocycles. The van der Waals surface area contributed by atoms with Gasteiger partial charge in [0, 0.05) is 23.0 Å². The molecule has 1 aliphatic heterocycles. The van der Waals surface area contributed by atoms with Gasteiger partial charge in [-0.3, -0.25) is 0 Å². The minimum absolute atomic E-state index is 0.230. The topological polar surface area (TPSA) is 31.2 Å². The Hall–Kier alpha value is -1.74. The second-order valence-corrected chi connectivity index (χ2v) is 5.31. The molecule has 1 aliphatic rings. The van der Waals surface area contributed by atoms with Gasteiger partial charge in [0.15, 0.2) is 0 Å². The van der Waals surface area contributed by atoms with Gasteiger partial charge >= 0.3 is 5.97 Å². The molecule has 1 aromatic carbocycles.